The molecular weight excluding hydrogens is 274 g/mol. The molecule has 1 aromatic rings. The van der Waals surface area contributed by atoms with E-state index in [1.165, 1.54) is 12.3 Å². The summed E-state index contributed by atoms with van der Waals surface area (Å²) >= 11 is 5.94. The molecule has 0 amide bonds. The maximum Gasteiger partial charge on any atom is 0.242 e. The van der Waals surface area contributed by atoms with Crippen molar-refractivity contribution >= 4 is 27.4 Å². The maximum absolute atomic E-state index is 12.2. The Kier molecular flexibility index (Phi) is 3.53. The molecule has 0 atom stereocenters. The van der Waals surface area contributed by atoms with Crippen LogP contribution in [0.1, 0.15) is 26.2 Å². The summed E-state index contributed by atoms with van der Waals surface area (Å²) in [6.07, 6.45) is 4.09. The average Bonchev–Trinajstić information content (AvgIpc) is 2.26. The monoisotopic (exact) mass is 289 g/mol. The third-order valence-electron chi connectivity index (χ3n) is 3.20. The summed E-state index contributed by atoms with van der Waals surface area (Å²) in [6.45, 7) is 1.91. The van der Waals surface area contributed by atoms with Crippen LogP contribution in [-0.4, -0.2) is 26.0 Å². The van der Waals surface area contributed by atoms with Crippen LogP contribution in [0.3, 0.4) is 0 Å². The van der Waals surface area contributed by atoms with E-state index >= 15 is 0 Å². The van der Waals surface area contributed by atoms with E-state index in [1.54, 1.807) is 7.05 Å². The first-order valence-electron chi connectivity index (χ1n) is 5.74. The molecule has 7 heteroatoms. The average molecular weight is 290 g/mol. The Morgan fingerprint density at radius 3 is 2.56 bits per heavy atom. The van der Waals surface area contributed by atoms with Crippen LogP contribution in [0, 0.1) is 0 Å². The minimum absolute atomic E-state index is 0.0969. The molecule has 1 heterocycles. The zero-order chi connectivity index (χ0) is 13.4. The van der Waals surface area contributed by atoms with Crippen molar-refractivity contribution in [1.82, 2.24) is 9.71 Å². The standard InChI is InChI=1S/C11H16ClN3O2S/c1-11(4-3-5-11)15-18(16,17)8-6-9(12)10(13-2)14-7-8/h6-7,15H,3-5H2,1-2H3,(H,13,14). The smallest absolute Gasteiger partial charge is 0.242 e. The number of nitrogens with one attached hydrogen (secondary N) is 2. The molecule has 0 radical (unpaired) electrons. The second-order valence-electron chi connectivity index (χ2n) is 4.77. The lowest BCUT2D eigenvalue weighted by Crippen LogP contribution is -2.50. The number of sulfonamides is 1. The van der Waals surface area contributed by atoms with Crippen molar-refractivity contribution in [1.29, 1.82) is 0 Å². The summed E-state index contributed by atoms with van der Waals surface area (Å²) in [6, 6.07) is 1.41. The minimum Gasteiger partial charge on any atom is -0.372 e. The predicted molar refractivity (Wildman–Crippen MR) is 71.4 cm³/mol. The molecule has 0 aliphatic heterocycles. The first kappa shape index (κ1) is 13.6. The van der Waals surface area contributed by atoms with E-state index in [0.717, 1.165) is 19.3 Å². The van der Waals surface area contributed by atoms with Crippen LogP contribution in [0.5, 0.6) is 0 Å². The fourth-order valence-corrected chi connectivity index (χ4v) is 3.70. The Balaban J connectivity index is 2.27. The van der Waals surface area contributed by atoms with E-state index in [1.807, 2.05) is 6.92 Å². The van der Waals surface area contributed by atoms with Crippen molar-refractivity contribution in [3.63, 3.8) is 0 Å². The van der Waals surface area contributed by atoms with E-state index in [-0.39, 0.29) is 10.4 Å². The van der Waals surface area contributed by atoms with Gasteiger partial charge >= 0.3 is 0 Å². The summed E-state index contributed by atoms with van der Waals surface area (Å²) in [7, 11) is -1.87. The molecule has 18 heavy (non-hydrogen) atoms. The van der Waals surface area contributed by atoms with Gasteiger partial charge in [-0.3, -0.25) is 0 Å². The van der Waals surface area contributed by atoms with Gasteiger partial charge in [0, 0.05) is 18.8 Å². The van der Waals surface area contributed by atoms with Gasteiger partial charge < -0.3 is 5.32 Å². The molecule has 1 saturated carbocycles. The lowest BCUT2D eigenvalue weighted by molar-refractivity contribution is 0.248. The lowest BCUT2D eigenvalue weighted by Gasteiger charge is -2.38. The van der Waals surface area contributed by atoms with Gasteiger partial charge in [-0.1, -0.05) is 11.6 Å². The van der Waals surface area contributed by atoms with E-state index in [9.17, 15) is 8.42 Å². The summed E-state index contributed by atoms with van der Waals surface area (Å²) in [5.74, 6) is 0.463. The number of rotatable bonds is 4. The van der Waals surface area contributed by atoms with Gasteiger partial charge in [0.15, 0.2) is 0 Å². The second kappa shape index (κ2) is 4.68. The highest BCUT2D eigenvalue weighted by molar-refractivity contribution is 7.89. The SMILES string of the molecule is CNc1ncc(S(=O)(=O)NC2(C)CCC2)cc1Cl. The Morgan fingerprint density at radius 2 is 2.11 bits per heavy atom. The zero-order valence-electron chi connectivity index (χ0n) is 10.3. The van der Waals surface area contributed by atoms with Crippen LogP contribution in [0.15, 0.2) is 17.2 Å². The highest BCUT2D eigenvalue weighted by Crippen LogP contribution is 2.33. The van der Waals surface area contributed by atoms with Crippen LogP contribution in [0.4, 0.5) is 5.82 Å². The molecule has 2 rings (SSSR count). The van der Waals surface area contributed by atoms with E-state index in [2.05, 4.69) is 15.0 Å². The second-order valence-corrected chi connectivity index (χ2v) is 6.86. The number of anilines is 1. The molecule has 0 aromatic carbocycles. The van der Waals surface area contributed by atoms with Gasteiger partial charge in [-0.2, -0.15) is 0 Å². The highest BCUT2D eigenvalue weighted by atomic mass is 35.5. The predicted octanol–water partition coefficient (Wildman–Crippen LogP) is 2.00. The van der Waals surface area contributed by atoms with Gasteiger partial charge in [-0.25, -0.2) is 18.1 Å². The Bertz CT molecular complexity index is 555. The minimum atomic E-state index is -3.55. The van der Waals surface area contributed by atoms with Crippen LogP contribution >= 0.6 is 11.6 Å². The third kappa shape index (κ3) is 2.60. The van der Waals surface area contributed by atoms with Crippen molar-refractivity contribution < 1.29 is 8.42 Å². The molecular formula is C11H16ClN3O2S. The molecule has 5 nitrogen and oxygen atoms in total. The molecule has 0 spiro atoms. The Labute approximate surface area is 112 Å². The molecule has 1 aliphatic rings. The summed E-state index contributed by atoms with van der Waals surface area (Å²) in [5, 5.41) is 3.08. The number of halogens is 1. The molecule has 0 saturated heterocycles. The topological polar surface area (TPSA) is 71.1 Å². The summed E-state index contributed by atoms with van der Waals surface area (Å²) < 4.78 is 27.0. The van der Waals surface area contributed by atoms with Gasteiger partial charge in [0.05, 0.1) is 5.02 Å². The van der Waals surface area contributed by atoms with Crippen LogP contribution in [0.25, 0.3) is 0 Å². The maximum atomic E-state index is 12.2. The number of hydrogen-bond donors (Lipinski definition) is 2. The first-order valence-corrected chi connectivity index (χ1v) is 7.60. The van der Waals surface area contributed by atoms with Crippen molar-refractivity contribution in [2.75, 3.05) is 12.4 Å². The summed E-state index contributed by atoms with van der Waals surface area (Å²) in [4.78, 5) is 4.07. The first-order chi connectivity index (χ1) is 8.36. The largest absolute Gasteiger partial charge is 0.372 e. The van der Waals surface area contributed by atoms with Crippen molar-refractivity contribution in [2.24, 2.45) is 0 Å². The van der Waals surface area contributed by atoms with Crippen molar-refractivity contribution in [3.05, 3.63) is 17.3 Å². The van der Waals surface area contributed by atoms with E-state index < -0.39 is 10.0 Å². The third-order valence-corrected chi connectivity index (χ3v) is 5.09. The molecule has 0 unspecified atom stereocenters. The number of nitrogens with zero attached hydrogens (tertiary/aromatic N) is 1. The van der Waals surface area contributed by atoms with Crippen molar-refractivity contribution in [3.8, 4) is 0 Å². The number of pyridine rings is 1. The number of aromatic nitrogens is 1. The fraction of sp³-hybridized carbons (Fsp3) is 0.545. The van der Waals surface area contributed by atoms with Crippen molar-refractivity contribution in [2.45, 2.75) is 36.6 Å². The Morgan fingerprint density at radius 1 is 1.44 bits per heavy atom. The molecule has 1 aliphatic carbocycles. The van der Waals surface area contributed by atoms with Gasteiger partial charge in [0.1, 0.15) is 10.7 Å². The summed E-state index contributed by atoms with van der Waals surface area (Å²) in [5.41, 5.74) is -0.326. The molecule has 100 valence electrons. The highest BCUT2D eigenvalue weighted by Gasteiger charge is 2.36. The van der Waals surface area contributed by atoms with E-state index in [4.69, 9.17) is 11.6 Å². The normalized spacial score (nSPS) is 18.2. The molecule has 2 N–H and O–H groups in total. The van der Waals surface area contributed by atoms with Gasteiger partial charge in [-0.15, -0.1) is 0 Å². The quantitative estimate of drug-likeness (QED) is 0.889. The molecule has 0 bridgehead atoms. The van der Waals surface area contributed by atoms with Crippen LogP contribution in [-0.2, 0) is 10.0 Å². The number of hydrogen-bond acceptors (Lipinski definition) is 4. The lowest BCUT2D eigenvalue weighted by atomic mass is 9.80. The van der Waals surface area contributed by atoms with Crippen LogP contribution in [0.2, 0.25) is 5.02 Å². The Hall–Kier alpha value is -0.850. The van der Waals surface area contributed by atoms with Gasteiger partial charge in [-0.05, 0) is 32.3 Å². The fourth-order valence-electron chi connectivity index (χ4n) is 1.94. The van der Waals surface area contributed by atoms with E-state index in [0.29, 0.717) is 10.8 Å². The molecule has 1 aromatic heterocycles. The van der Waals surface area contributed by atoms with Crippen LogP contribution < -0.4 is 10.0 Å². The van der Waals surface area contributed by atoms with Gasteiger partial charge in [0.25, 0.3) is 0 Å². The van der Waals surface area contributed by atoms with Gasteiger partial charge in [0.2, 0.25) is 10.0 Å². The molecule has 1 fully saturated rings. The zero-order valence-corrected chi connectivity index (χ0v) is 11.9.